The minimum absolute atomic E-state index is 0.00619. The van der Waals surface area contributed by atoms with Crippen LogP contribution in [0.25, 0.3) is 10.8 Å². The second-order valence-corrected chi connectivity index (χ2v) is 14.8. The van der Waals surface area contributed by atoms with Gasteiger partial charge in [-0.3, -0.25) is 0 Å². The van der Waals surface area contributed by atoms with Crippen molar-refractivity contribution in [1.29, 1.82) is 0 Å². The Balaban J connectivity index is 1.09. The second kappa shape index (κ2) is 11.8. The lowest BCUT2D eigenvalue weighted by Crippen LogP contribution is -2.47. The van der Waals surface area contributed by atoms with Crippen molar-refractivity contribution in [3.05, 3.63) is 66.7 Å². The highest BCUT2D eigenvalue weighted by atomic mass is 32.2. The monoisotopic (exact) mass is 588 g/mol. The average Bonchev–Trinajstić information content (AvgIpc) is 3.37. The van der Waals surface area contributed by atoms with Crippen LogP contribution in [0, 0.1) is 0 Å². The third kappa shape index (κ3) is 6.35. The molecule has 0 saturated carbocycles. The van der Waals surface area contributed by atoms with E-state index < -0.39 is 26.0 Å². The summed E-state index contributed by atoms with van der Waals surface area (Å²) in [4.78, 5) is 0.508. The molecule has 1 unspecified atom stereocenters. The van der Waals surface area contributed by atoms with Crippen LogP contribution in [0.5, 0.6) is 5.75 Å². The lowest BCUT2D eigenvalue weighted by Gasteiger charge is -2.38. The van der Waals surface area contributed by atoms with E-state index in [1.54, 1.807) is 35.5 Å². The fourth-order valence-electron chi connectivity index (χ4n) is 5.41. The first-order chi connectivity index (χ1) is 19.1. The van der Waals surface area contributed by atoms with Gasteiger partial charge in [0.15, 0.2) is 9.84 Å². The Morgan fingerprint density at radius 2 is 1.75 bits per heavy atom. The van der Waals surface area contributed by atoms with Crippen molar-refractivity contribution in [2.75, 3.05) is 38.6 Å². The van der Waals surface area contributed by atoms with Gasteiger partial charge in [-0.2, -0.15) is 4.31 Å². The molecule has 2 atom stereocenters. The number of aliphatic hydroxyl groups excluding tert-OH is 1. The van der Waals surface area contributed by atoms with E-state index >= 15 is 0 Å². The van der Waals surface area contributed by atoms with Gasteiger partial charge in [0.1, 0.15) is 18.5 Å². The second-order valence-electron chi connectivity index (χ2n) is 10.6. The maximum Gasteiger partial charge on any atom is 0.243 e. The van der Waals surface area contributed by atoms with Gasteiger partial charge >= 0.3 is 0 Å². The number of hydrogen-bond donors (Lipinski definition) is 2. The molecule has 0 amide bonds. The summed E-state index contributed by atoms with van der Waals surface area (Å²) < 4.78 is 64.2. The summed E-state index contributed by atoms with van der Waals surface area (Å²) in [6.07, 6.45) is 1.17. The molecular weight excluding hydrogens is 552 g/mol. The molecule has 216 valence electrons. The van der Waals surface area contributed by atoms with Crippen molar-refractivity contribution < 1.29 is 31.4 Å². The highest BCUT2D eigenvalue weighted by Crippen LogP contribution is 2.37. The lowest BCUT2D eigenvalue weighted by atomic mass is 9.88. The van der Waals surface area contributed by atoms with E-state index in [1.807, 2.05) is 30.3 Å². The maximum absolute atomic E-state index is 13.3. The summed E-state index contributed by atoms with van der Waals surface area (Å²) in [6.45, 7) is 3.17. The molecule has 2 heterocycles. The van der Waals surface area contributed by atoms with Gasteiger partial charge in [-0.25, -0.2) is 16.8 Å². The minimum Gasteiger partial charge on any atom is -0.491 e. The average molecular weight is 589 g/mol. The number of nitrogens with zero attached hydrogens (tertiary/aromatic N) is 1. The number of piperidine rings is 1. The zero-order valence-electron chi connectivity index (χ0n) is 22.5. The quantitative estimate of drug-likeness (QED) is 0.371. The number of fused-ring (bicyclic) bond motifs is 1. The summed E-state index contributed by atoms with van der Waals surface area (Å²) in [5.74, 6) is 0.397. The van der Waals surface area contributed by atoms with Crippen LogP contribution in [0.15, 0.2) is 76.5 Å². The molecular formula is C29H36N2O7S2. The van der Waals surface area contributed by atoms with Gasteiger partial charge < -0.3 is 19.9 Å². The van der Waals surface area contributed by atoms with E-state index in [2.05, 4.69) is 5.32 Å². The number of sulfone groups is 1. The van der Waals surface area contributed by atoms with Crippen LogP contribution >= 0.6 is 0 Å². The molecule has 2 N–H and O–H groups in total. The number of aliphatic hydroxyl groups is 1. The number of nitrogens with one attached hydrogen (secondary N) is 1. The van der Waals surface area contributed by atoms with Crippen LogP contribution in [0.2, 0.25) is 0 Å². The molecule has 2 saturated heterocycles. The van der Waals surface area contributed by atoms with Gasteiger partial charge in [0.25, 0.3) is 0 Å². The van der Waals surface area contributed by atoms with E-state index in [0.29, 0.717) is 49.7 Å². The van der Waals surface area contributed by atoms with E-state index in [-0.39, 0.29) is 28.9 Å². The van der Waals surface area contributed by atoms with Crippen molar-refractivity contribution in [2.24, 2.45) is 0 Å². The fourth-order valence-corrected chi connectivity index (χ4v) is 7.81. The largest absolute Gasteiger partial charge is 0.491 e. The SMILES string of the molecule is CCS(=O)(=O)c1cccc(OCC(O)CN[C@@H]2COC3(CCN(S(=O)(=O)c4ccc5ccccc5c4)CC3)C2)c1. The summed E-state index contributed by atoms with van der Waals surface area (Å²) in [5.41, 5.74) is -0.375. The molecule has 2 aliphatic rings. The molecule has 0 aliphatic carbocycles. The van der Waals surface area contributed by atoms with Gasteiger partial charge in [-0.15, -0.1) is 0 Å². The predicted molar refractivity (Wildman–Crippen MR) is 153 cm³/mol. The van der Waals surface area contributed by atoms with Crippen LogP contribution < -0.4 is 10.1 Å². The Hall–Kier alpha value is -2.54. The number of sulfonamides is 1. The zero-order chi connectivity index (χ0) is 28.4. The van der Waals surface area contributed by atoms with Crippen molar-refractivity contribution in [1.82, 2.24) is 9.62 Å². The molecule has 2 fully saturated rings. The van der Waals surface area contributed by atoms with E-state index in [4.69, 9.17) is 9.47 Å². The van der Waals surface area contributed by atoms with Gasteiger partial charge in [0.2, 0.25) is 10.0 Å². The third-order valence-corrected chi connectivity index (χ3v) is 11.5. The first-order valence-corrected chi connectivity index (χ1v) is 16.7. The van der Waals surface area contributed by atoms with Crippen molar-refractivity contribution >= 4 is 30.6 Å². The lowest BCUT2D eigenvalue weighted by molar-refractivity contribution is -0.0312. The Bertz CT molecular complexity index is 1550. The first-order valence-electron chi connectivity index (χ1n) is 13.6. The highest BCUT2D eigenvalue weighted by Gasteiger charge is 2.44. The van der Waals surface area contributed by atoms with Crippen molar-refractivity contribution in [3.8, 4) is 5.75 Å². The standard InChI is InChI=1S/C29H36N2O7S2/c1-2-39(33,34)27-9-5-8-26(17-27)37-21-25(32)19-30-24-18-29(38-20-24)12-14-31(15-13-29)40(35,36)28-11-10-22-6-3-4-7-23(22)16-28/h3-11,16-17,24-25,30,32H,2,12-15,18-21H2,1H3/t24-,25?/m0/s1. The van der Waals surface area contributed by atoms with Crippen molar-refractivity contribution in [3.63, 3.8) is 0 Å². The summed E-state index contributed by atoms with van der Waals surface area (Å²) >= 11 is 0. The van der Waals surface area contributed by atoms with Crippen molar-refractivity contribution in [2.45, 2.75) is 53.7 Å². The van der Waals surface area contributed by atoms with Crippen LogP contribution in [-0.2, 0) is 24.6 Å². The highest BCUT2D eigenvalue weighted by molar-refractivity contribution is 7.91. The number of ether oxygens (including phenoxy) is 2. The van der Waals surface area contributed by atoms with E-state index in [1.165, 1.54) is 12.1 Å². The third-order valence-electron chi connectivity index (χ3n) is 7.83. The Morgan fingerprint density at radius 1 is 1.00 bits per heavy atom. The number of benzene rings is 3. The fraction of sp³-hybridized carbons (Fsp3) is 0.448. The molecule has 0 aromatic heterocycles. The molecule has 0 bridgehead atoms. The van der Waals surface area contributed by atoms with Gasteiger partial charge in [-0.05, 0) is 60.4 Å². The van der Waals surface area contributed by atoms with Crippen LogP contribution in [0.3, 0.4) is 0 Å². The Labute approximate surface area is 236 Å². The van der Waals surface area contributed by atoms with Crippen LogP contribution in [0.1, 0.15) is 26.2 Å². The van der Waals surface area contributed by atoms with E-state index in [0.717, 1.165) is 17.2 Å². The molecule has 0 radical (unpaired) electrons. The molecule has 3 aromatic carbocycles. The zero-order valence-corrected chi connectivity index (χ0v) is 24.2. The summed E-state index contributed by atoms with van der Waals surface area (Å²) in [7, 11) is -6.93. The number of rotatable bonds is 10. The molecule has 11 heteroatoms. The van der Waals surface area contributed by atoms with E-state index in [9.17, 15) is 21.9 Å². The molecule has 1 spiro atoms. The summed E-state index contributed by atoms with van der Waals surface area (Å²) in [5, 5.41) is 15.7. The molecule has 3 aromatic rings. The maximum atomic E-state index is 13.3. The number of hydrogen-bond acceptors (Lipinski definition) is 8. The van der Waals surface area contributed by atoms with Gasteiger partial charge in [0.05, 0.1) is 27.8 Å². The predicted octanol–water partition coefficient (Wildman–Crippen LogP) is 2.98. The molecule has 40 heavy (non-hydrogen) atoms. The van der Waals surface area contributed by atoms with Crippen LogP contribution in [0.4, 0.5) is 0 Å². The van der Waals surface area contributed by atoms with Crippen LogP contribution in [-0.4, -0.2) is 82.6 Å². The van der Waals surface area contributed by atoms with Gasteiger partial charge in [-0.1, -0.05) is 43.3 Å². The summed E-state index contributed by atoms with van der Waals surface area (Å²) in [6, 6.07) is 19.3. The Kier molecular flexibility index (Phi) is 8.51. The normalized spacial score (nSPS) is 20.6. The van der Waals surface area contributed by atoms with Gasteiger partial charge in [0, 0.05) is 25.7 Å². The molecule has 9 nitrogen and oxygen atoms in total. The molecule has 5 rings (SSSR count). The minimum atomic E-state index is -3.59. The first kappa shape index (κ1) is 29.0. The Morgan fingerprint density at radius 3 is 2.50 bits per heavy atom. The topological polar surface area (TPSA) is 122 Å². The molecule has 2 aliphatic heterocycles. The smallest absolute Gasteiger partial charge is 0.243 e.